The van der Waals surface area contributed by atoms with Crippen molar-refractivity contribution in [1.29, 1.82) is 0 Å². The van der Waals surface area contributed by atoms with Crippen LogP contribution in [-0.4, -0.2) is 44.0 Å². The zero-order chi connectivity index (χ0) is 16.6. The molecule has 6 nitrogen and oxygen atoms in total. The Morgan fingerprint density at radius 1 is 1.35 bits per heavy atom. The smallest absolute Gasteiger partial charge is 0.374 e. The number of aromatic hydroxyl groups is 1. The summed E-state index contributed by atoms with van der Waals surface area (Å²) in [5.74, 6) is -0.208. The van der Waals surface area contributed by atoms with Crippen LogP contribution in [0.1, 0.15) is 28.6 Å². The van der Waals surface area contributed by atoms with Crippen molar-refractivity contribution >= 4 is 22.6 Å². The van der Waals surface area contributed by atoms with Crippen LogP contribution < -0.4 is 4.90 Å². The fourth-order valence-electron chi connectivity index (χ4n) is 3.08. The molecule has 3 rings (SSSR count). The Morgan fingerprint density at radius 3 is 2.70 bits per heavy atom. The number of esters is 1. The SMILES string of the molecule is CCOC(=O)c1oc2cc(C)c(N3CCOCC3)c(O)c2c1C. The number of benzene rings is 1. The molecule has 0 unspecified atom stereocenters. The minimum Gasteiger partial charge on any atom is -0.505 e. The predicted molar refractivity (Wildman–Crippen MR) is 86.3 cm³/mol. The van der Waals surface area contributed by atoms with Gasteiger partial charge in [0.1, 0.15) is 5.58 Å². The first-order valence-electron chi connectivity index (χ1n) is 7.80. The van der Waals surface area contributed by atoms with Gasteiger partial charge in [0.15, 0.2) is 5.75 Å². The maximum Gasteiger partial charge on any atom is 0.374 e. The molecule has 0 bridgehead atoms. The van der Waals surface area contributed by atoms with Crippen molar-refractivity contribution in [3.63, 3.8) is 0 Å². The maximum atomic E-state index is 12.0. The number of phenols is 1. The lowest BCUT2D eigenvalue weighted by atomic mass is 10.0. The lowest BCUT2D eigenvalue weighted by Gasteiger charge is -2.30. The van der Waals surface area contributed by atoms with Crippen LogP contribution in [-0.2, 0) is 9.47 Å². The third kappa shape index (κ3) is 2.63. The van der Waals surface area contributed by atoms with Gasteiger partial charge in [-0.1, -0.05) is 0 Å². The van der Waals surface area contributed by atoms with E-state index in [4.69, 9.17) is 13.9 Å². The Kier molecular flexibility index (Phi) is 4.17. The van der Waals surface area contributed by atoms with Crippen LogP contribution in [0.15, 0.2) is 10.5 Å². The molecule has 0 radical (unpaired) electrons. The molecule has 1 fully saturated rings. The summed E-state index contributed by atoms with van der Waals surface area (Å²) >= 11 is 0. The number of ether oxygens (including phenoxy) is 2. The van der Waals surface area contributed by atoms with E-state index in [9.17, 15) is 9.90 Å². The summed E-state index contributed by atoms with van der Waals surface area (Å²) in [7, 11) is 0. The number of hydrogen-bond acceptors (Lipinski definition) is 6. The molecule has 2 heterocycles. The van der Waals surface area contributed by atoms with Crippen molar-refractivity contribution in [2.24, 2.45) is 0 Å². The largest absolute Gasteiger partial charge is 0.505 e. The second kappa shape index (κ2) is 6.12. The Balaban J connectivity index is 2.13. The average Bonchev–Trinajstić information content (AvgIpc) is 2.85. The second-order valence-corrected chi connectivity index (χ2v) is 5.64. The molecule has 1 aromatic carbocycles. The van der Waals surface area contributed by atoms with Gasteiger partial charge in [-0.3, -0.25) is 0 Å². The van der Waals surface area contributed by atoms with Gasteiger partial charge in [0.25, 0.3) is 0 Å². The number of furan rings is 1. The van der Waals surface area contributed by atoms with Gasteiger partial charge in [0, 0.05) is 18.7 Å². The van der Waals surface area contributed by atoms with Gasteiger partial charge < -0.3 is 23.9 Å². The average molecular weight is 319 g/mol. The number of carbonyl (C=O) groups is 1. The molecule has 1 aromatic heterocycles. The van der Waals surface area contributed by atoms with Gasteiger partial charge >= 0.3 is 5.97 Å². The Morgan fingerprint density at radius 2 is 2.04 bits per heavy atom. The van der Waals surface area contributed by atoms with Crippen molar-refractivity contribution in [1.82, 2.24) is 0 Å². The number of hydrogen-bond donors (Lipinski definition) is 1. The van der Waals surface area contributed by atoms with Crippen molar-refractivity contribution in [2.75, 3.05) is 37.8 Å². The van der Waals surface area contributed by atoms with Crippen molar-refractivity contribution in [3.8, 4) is 5.75 Å². The van der Waals surface area contributed by atoms with Gasteiger partial charge in [0.05, 0.1) is 30.9 Å². The summed E-state index contributed by atoms with van der Waals surface area (Å²) in [4.78, 5) is 14.1. The quantitative estimate of drug-likeness (QED) is 0.877. The lowest BCUT2D eigenvalue weighted by Crippen LogP contribution is -2.36. The van der Waals surface area contributed by atoms with E-state index in [1.165, 1.54) is 0 Å². The number of nitrogens with zero attached hydrogens (tertiary/aromatic N) is 1. The van der Waals surface area contributed by atoms with E-state index in [-0.39, 0.29) is 18.1 Å². The van der Waals surface area contributed by atoms with Gasteiger partial charge in [-0.2, -0.15) is 0 Å². The molecular formula is C17H21NO5. The molecule has 0 saturated carbocycles. The zero-order valence-corrected chi connectivity index (χ0v) is 13.6. The molecule has 0 spiro atoms. The fraction of sp³-hybridized carbons (Fsp3) is 0.471. The van der Waals surface area contributed by atoms with Gasteiger partial charge in [-0.05, 0) is 32.4 Å². The zero-order valence-electron chi connectivity index (χ0n) is 13.6. The standard InChI is InChI=1S/C17H21NO5/c1-4-22-17(20)16-11(3)13-12(23-16)9-10(2)14(15(13)19)18-5-7-21-8-6-18/h9,19H,4-8H2,1-3H3. The Bertz CT molecular complexity index is 743. The summed E-state index contributed by atoms with van der Waals surface area (Å²) in [6, 6.07) is 1.86. The number of rotatable bonds is 3. The molecule has 6 heteroatoms. The number of phenolic OH excluding ortho intramolecular Hbond substituents is 1. The van der Waals surface area contributed by atoms with Crippen LogP contribution in [0, 0.1) is 13.8 Å². The first-order chi connectivity index (χ1) is 11.0. The molecule has 0 atom stereocenters. The number of carbonyl (C=O) groups excluding carboxylic acids is 1. The Labute approximate surface area is 134 Å². The number of fused-ring (bicyclic) bond motifs is 1. The fourth-order valence-corrected chi connectivity index (χ4v) is 3.08. The number of aryl methyl sites for hydroxylation is 2. The molecule has 23 heavy (non-hydrogen) atoms. The van der Waals surface area contributed by atoms with E-state index in [1.54, 1.807) is 13.8 Å². The molecule has 1 N–H and O–H groups in total. The highest BCUT2D eigenvalue weighted by atomic mass is 16.5. The molecule has 1 aliphatic rings. The molecular weight excluding hydrogens is 298 g/mol. The van der Waals surface area contributed by atoms with E-state index in [1.807, 2.05) is 13.0 Å². The summed E-state index contributed by atoms with van der Waals surface area (Å²) < 4.78 is 16.0. The van der Waals surface area contributed by atoms with Gasteiger partial charge in [-0.15, -0.1) is 0 Å². The number of morpholine rings is 1. The maximum absolute atomic E-state index is 12.0. The third-order valence-corrected chi connectivity index (χ3v) is 4.14. The third-order valence-electron chi connectivity index (χ3n) is 4.14. The highest BCUT2D eigenvalue weighted by molar-refractivity contribution is 6.01. The van der Waals surface area contributed by atoms with Crippen LogP contribution in [0.3, 0.4) is 0 Å². The molecule has 2 aromatic rings. The first-order valence-corrected chi connectivity index (χ1v) is 7.80. The summed E-state index contributed by atoms with van der Waals surface area (Å²) in [6.07, 6.45) is 0. The monoisotopic (exact) mass is 319 g/mol. The van der Waals surface area contributed by atoms with E-state index in [0.717, 1.165) is 24.3 Å². The molecule has 1 saturated heterocycles. The van der Waals surface area contributed by atoms with Gasteiger partial charge in [-0.25, -0.2) is 4.79 Å². The normalized spacial score (nSPS) is 15.2. The van der Waals surface area contributed by atoms with Crippen molar-refractivity contribution in [2.45, 2.75) is 20.8 Å². The van der Waals surface area contributed by atoms with E-state index >= 15 is 0 Å². The summed E-state index contributed by atoms with van der Waals surface area (Å²) in [6.45, 7) is 8.42. The first kappa shape index (κ1) is 15.7. The lowest BCUT2D eigenvalue weighted by molar-refractivity contribution is 0.0491. The molecule has 124 valence electrons. The minimum absolute atomic E-state index is 0.149. The Hall–Kier alpha value is -2.21. The van der Waals surface area contributed by atoms with E-state index in [2.05, 4.69) is 4.90 Å². The number of anilines is 1. The van der Waals surface area contributed by atoms with E-state index in [0.29, 0.717) is 29.7 Å². The topological polar surface area (TPSA) is 72.1 Å². The van der Waals surface area contributed by atoms with E-state index < -0.39 is 5.97 Å². The van der Waals surface area contributed by atoms with Crippen molar-refractivity contribution in [3.05, 3.63) is 23.0 Å². The van der Waals surface area contributed by atoms with Crippen LogP contribution in [0.5, 0.6) is 5.75 Å². The second-order valence-electron chi connectivity index (χ2n) is 5.64. The highest BCUT2D eigenvalue weighted by Crippen LogP contribution is 2.42. The molecule has 1 aliphatic heterocycles. The molecule has 0 aliphatic carbocycles. The highest BCUT2D eigenvalue weighted by Gasteiger charge is 2.26. The predicted octanol–water partition coefficient (Wildman–Crippen LogP) is 2.77. The summed E-state index contributed by atoms with van der Waals surface area (Å²) in [5.41, 5.74) is 2.78. The minimum atomic E-state index is -0.508. The van der Waals surface area contributed by atoms with Gasteiger partial charge in [0.2, 0.25) is 5.76 Å². The van der Waals surface area contributed by atoms with Crippen LogP contribution >= 0.6 is 0 Å². The molecule has 0 amide bonds. The van der Waals surface area contributed by atoms with Crippen LogP contribution in [0.25, 0.3) is 11.0 Å². The van der Waals surface area contributed by atoms with Crippen LogP contribution in [0.4, 0.5) is 5.69 Å². The van der Waals surface area contributed by atoms with Crippen molar-refractivity contribution < 1.29 is 23.8 Å². The van der Waals surface area contributed by atoms with Crippen LogP contribution in [0.2, 0.25) is 0 Å². The summed E-state index contributed by atoms with van der Waals surface area (Å²) in [5, 5.41) is 11.4.